The zero-order chi connectivity index (χ0) is 17.7. The van der Waals surface area contributed by atoms with Gasteiger partial charge in [-0.15, -0.1) is 0 Å². The minimum atomic E-state index is -3.62. The molecule has 0 aliphatic carbocycles. The largest absolute Gasteiger partial charge is 0.277 e. The Morgan fingerprint density at radius 3 is 1.48 bits per heavy atom. The smallest absolute Gasteiger partial charge is 0.216 e. The molecular formula is C18H40N2O2S. The highest BCUT2D eigenvalue weighted by molar-refractivity contribution is 7.86. The SMILES string of the molecule is CCCCCCCC(CCCCCCC)N(C(C)C)S(N)(=O)=O. The first kappa shape index (κ1) is 22.9. The van der Waals surface area contributed by atoms with E-state index in [0.29, 0.717) is 0 Å². The molecule has 0 amide bonds. The van der Waals surface area contributed by atoms with Gasteiger partial charge in [-0.1, -0.05) is 78.1 Å². The van der Waals surface area contributed by atoms with Gasteiger partial charge in [0.2, 0.25) is 0 Å². The number of rotatable bonds is 15. The Morgan fingerprint density at radius 2 is 1.17 bits per heavy atom. The summed E-state index contributed by atoms with van der Waals surface area (Å²) in [5, 5.41) is 5.48. The summed E-state index contributed by atoms with van der Waals surface area (Å²) < 4.78 is 25.5. The Labute approximate surface area is 145 Å². The van der Waals surface area contributed by atoms with E-state index in [9.17, 15) is 8.42 Å². The molecule has 0 spiro atoms. The summed E-state index contributed by atoms with van der Waals surface area (Å²) in [5.74, 6) is 0. The van der Waals surface area contributed by atoms with Gasteiger partial charge in [-0.3, -0.25) is 0 Å². The lowest BCUT2D eigenvalue weighted by atomic mass is 10.00. The van der Waals surface area contributed by atoms with Gasteiger partial charge in [0.05, 0.1) is 0 Å². The summed E-state index contributed by atoms with van der Waals surface area (Å²) in [6, 6.07) is -0.00506. The van der Waals surface area contributed by atoms with Crippen molar-refractivity contribution < 1.29 is 8.42 Å². The third kappa shape index (κ3) is 11.1. The second-order valence-electron chi connectivity index (χ2n) is 7.03. The van der Waals surface area contributed by atoms with Crippen molar-refractivity contribution in [1.82, 2.24) is 4.31 Å². The lowest BCUT2D eigenvalue weighted by molar-refractivity contribution is 0.238. The molecule has 0 fully saturated rings. The van der Waals surface area contributed by atoms with Crippen molar-refractivity contribution >= 4 is 10.2 Å². The molecule has 23 heavy (non-hydrogen) atoms. The highest BCUT2D eigenvalue weighted by Gasteiger charge is 2.29. The normalized spacial score (nSPS) is 12.7. The molecule has 0 aromatic rings. The molecule has 5 heteroatoms. The predicted octanol–water partition coefficient (Wildman–Crippen LogP) is 4.99. The van der Waals surface area contributed by atoms with Gasteiger partial charge in [-0.25, -0.2) is 5.14 Å². The molecule has 0 aliphatic heterocycles. The molecule has 140 valence electrons. The monoisotopic (exact) mass is 348 g/mol. The molecule has 0 aliphatic rings. The van der Waals surface area contributed by atoms with Crippen LogP contribution in [0.25, 0.3) is 0 Å². The number of nitrogens with zero attached hydrogens (tertiary/aromatic N) is 1. The van der Waals surface area contributed by atoms with Crippen molar-refractivity contribution in [2.24, 2.45) is 5.14 Å². The van der Waals surface area contributed by atoms with Crippen molar-refractivity contribution in [2.75, 3.05) is 0 Å². The molecule has 0 aromatic carbocycles. The van der Waals surface area contributed by atoms with Crippen LogP contribution in [0.1, 0.15) is 105 Å². The number of hydrogen-bond acceptors (Lipinski definition) is 2. The van der Waals surface area contributed by atoms with Crippen LogP contribution in [0.2, 0.25) is 0 Å². The molecule has 2 N–H and O–H groups in total. The number of nitrogens with two attached hydrogens (primary N) is 1. The molecule has 0 atom stereocenters. The summed E-state index contributed by atoms with van der Waals surface area (Å²) in [6.45, 7) is 8.26. The molecule has 0 heterocycles. The summed E-state index contributed by atoms with van der Waals surface area (Å²) in [7, 11) is -3.62. The van der Waals surface area contributed by atoms with Crippen molar-refractivity contribution in [3.63, 3.8) is 0 Å². The van der Waals surface area contributed by atoms with Crippen molar-refractivity contribution in [2.45, 2.75) is 117 Å². The predicted molar refractivity (Wildman–Crippen MR) is 101 cm³/mol. The lowest BCUT2D eigenvalue weighted by Gasteiger charge is -2.32. The van der Waals surface area contributed by atoms with Gasteiger partial charge in [0.15, 0.2) is 0 Å². The first-order chi connectivity index (χ1) is 10.8. The van der Waals surface area contributed by atoms with E-state index in [1.807, 2.05) is 13.8 Å². The van der Waals surface area contributed by atoms with E-state index in [0.717, 1.165) is 25.7 Å². The van der Waals surface area contributed by atoms with Crippen LogP contribution in [-0.4, -0.2) is 24.8 Å². The maximum Gasteiger partial charge on any atom is 0.277 e. The molecule has 0 bridgehead atoms. The molecule has 0 unspecified atom stereocenters. The molecule has 0 saturated carbocycles. The van der Waals surface area contributed by atoms with E-state index in [4.69, 9.17) is 5.14 Å². The number of unbranched alkanes of at least 4 members (excludes halogenated alkanes) is 8. The first-order valence-electron chi connectivity index (χ1n) is 9.65. The number of hydrogen-bond donors (Lipinski definition) is 1. The third-order valence-corrected chi connectivity index (χ3v) is 5.75. The lowest BCUT2D eigenvalue weighted by Crippen LogP contribution is -2.48. The standard InChI is InChI=1S/C18H40N2O2S/c1-5-7-9-11-13-15-18(16-14-12-10-8-6-2)20(17(3)4)23(19,21)22/h17-18H,5-16H2,1-4H3,(H2,19,21,22). The highest BCUT2D eigenvalue weighted by atomic mass is 32.2. The van der Waals surface area contributed by atoms with Gasteiger partial charge in [0, 0.05) is 12.1 Å². The van der Waals surface area contributed by atoms with Crippen molar-refractivity contribution in [3.05, 3.63) is 0 Å². The van der Waals surface area contributed by atoms with E-state index in [1.165, 1.54) is 51.4 Å². The minimum Gasteiger partial charge on any atom is -0.216 e. The van der Waals surface area contributed by atoms with Gasteiger partial charge in [0.25, 0.3) is 10.2 Å². The van der Waals surface area contributed by atoms with Gasteiger partial charge in [0.1, 0.15) is 0 Å². The van der Waals surface area contributed by atoms with E-state index in [-0.39, 0.29) is 12.1 Å². The van der Waals surface area contributed by atoms with E-state index < -0.39 is 10.2 Å². The van der Waals surface area contributed by atoms with Crippen LogP contribution in [0.5, 0.6) is 0 Å². The zero-order valence-electron chi connectivity index (χ0n) is 15.9. The van der Waals surface area contributed by atoms with Crippen LogP contribution in [0.3, 0.4) is 0 Å². The maximum atomic E-state index is 12.0. The molecule has 4 nitrogen and oxygen atoms in total. The minimum absolute atomic E-state index is 0.0632. The van der Waals surface area contributed by atoms with E-state index >= 15 is 0 Å². The molecular weight excluding hydrogens is 308 g/mol. The van der Waals surface area contributed by atoms with Crippen LogP contribution in [0.15, 0.2) is 0 Å². The summed E-state index contributed by atoms with van der Waals surface area (Å²) in [4.78, 5) is 0. The Hall–Kier alpha value is -0.130. The Bertz CT molecular complexity index is 355. The summed E-state index contributed by atoms with van der Waals surface area (Å²) in [5.41, 5.74) is 0. The Balaban J connectivity index is 4.56. The van der Waals surface area contributed by atoms with E-state index in [2.05, 4.69) is 13.8 Å². The fourth-order valence-electron chi connectivity index (χ4n) is 3.29. The highest BCUT2D eigenvalue weighted by Crippen LogP contribution is 2.22. The van der Waals surface area contributed by atoms with Crippen molar-refractivity contribution in [1.29, 1.82) is 0 Å². The Kier molecular flexibility index (Phi) is 13.1. The zero-order valence-corrected chi connectivity index (χ0v) is 16.7. The van der Waals surface area contributed by atoms with E-state index in [1.54, 1.807) is 4.31 Å². The quantitative estimate of drug-likeness (QED) is 0.424. The van der Waals surface area contributed by atoms with Crippen LogP contribution in [0, 0.1) is 0 Å². The van der Waals surface area contributed by atoms with Crippen LogP contribution in [0.4, 0.5) is 0 Å². The maximum absolute atomic E-state index is 12.0. The van der Waals surface area contributed by atoms with Crippen LogP contribution < -0.4 is 5.14 Å². The summed E-state index contributed by atoms with van der Waals surface area (Å²) >= 11 is 0. The summed E-state index contributed by atoms with van der Waals surface area (Å²) in [6.07, 6.45) is 13.9. The average Bonchev–Trinajstić information content (AvgIpc) is 2.44. The van der Waals surface area contributed by atoms with Gasteiger partial charge in [-0.2, -0.15) is 12.7 Å². The molecule has 0 rings (SSSR count). The third-order valence-electron chi connectivity index (χ3n) is 4.44. The molecule has 0 aromatic heterocycles. The van der Waals surface area contributed by atoms with Gasteiger partial charge < -0.3 is 0 Å². The fourth-order valence-corrected chi connectivity index (χ4v) is 4.50. The fraction of sp³-hybridized carbons (Fsp3) is 1.00. The average molecular weight is 349 g/mol. The van der Waals surface area contributed by atoms with Gasteiger partial charge >= 0.3 is 0 Å². The Morgan fingerprint density at radius 1 is 0.783 bits per heavy atom. The van der Waals surface area contributed by atoms with Crippen LogP contribution in [-0.2, 0) is 10.2 Å². The molecule has 0 radical (unpaired) electrons. The topological polar surface area (TPSA) is 63.4 Å². The molecule has 0 saturated heterocycles. The van der Waals surface area contributed by atoms with Crippen molar-refractivity contribution in [3.8, 4) is 0 Å². The second-order valence-corrected chi connectivity index (χ2v) is 8.48. The second kappa shape index (κ2) is 13.2. The first-order valence-corrected chi connectivity index (χ1v) is 11.2. The van der Waals surface area contributed by atoms with Crippen LogP contribution >= 0.6 is 0 Å². The van der Waals surface area contributed by atoms with Gasteiger partial charge in [-0.05, 0) is 26.7 Å².